The number of rotatable bonds is 3. The molecule has 0 saturated carbocycles. The number of ether oxygens (including phenoxy) is 1. The molecule has 0 unspecified atom stereocenters. The highest BCUT2D eigenvalue weighted by atomic mass is 16.5. The molecule has 5 nitrogen and oxygen atoms in total. The molecule has 0 aliphatic heterocycles. The Balaban J connectivity index is 1.73. The Morgan fingerprint density at radius 3 is 2.48 bits per heavy atom. The Kier molecular flexibility index (Phi) is 4.68. The van der Waals surface area contributed by atoms with Gasteiger partial charge in [-0.05, 0) is 42.3 Å². The molecule has 0 bridgehead atoms. The minimum Gasteiger partial charge on any atom is -0.423 e. The van der Waals surface area contributed by atoms with Gasteiger partial charge in [0.2, 0.25) is 0 Å². The first-order valence-electron chi connectivity index (χ1n) is 8.92. The lowest BCUT2D eigenvalue weighted by atomic mass is 9.96. The second-order valence-corrected chi connectivity index (χ2v) is 6.50. The number of benzene rings is 3. The summed E-state index contributed by atoms with van der Waals surface area (Å²) < 4.78 is 10.8. The molecule has 4 aromatic rings. The minimum atomic E-state index is -0.567. The molecule has 0 aliphatic rings. The number of nitrogens with zero attached hydrogens (tertiary/aromatic N) is 1. The number of fused-ring (bicyclic) bond motifs is 1. The Hall–Kier alpha value is -4.17. The van der Waals surface area contributed by atoms with Gasteiger partial charge in [0.25, 0.3) is 0 Å². The van der Waals surface area contributed by atoms with E-state index in [-0.39, 0.29) is 5.75 Å². The van der Waals surface area contributed by atoms with Gasteiger partial charge in [-0.15, -0.1) is 0 Å². The molecule has 3 aromatic carbocycles. The van der Waals surface area contributed by atoms with Gasteiger partial charge in [-0.3, -0.25) is 0 Å². The highest BCUT2D eigenvalue weighted by molar-refractivity contribution is 5.99. The fourth-order valence-corrected chi connectivity index (χ4v) is 3.24. The summed E-state index contributed by atoms with van der Waals surface area (Å²) in [4.78, 5) is 24.5. The van der Waals surface area contributed by atoms with E-state index in [1.807, 2.05) is 13.0 Å². The lowest BCUT2D eigenvalue weighted by Crippen LogP contribution is -2.10. The van der Waals surface area contributed by atoms with E-state index in [2.05, 4.69) is 6.07 Å². The van der Waals surface area contributed by atoms with Gasteiger partial charge in [-0.1, -0.05) is 36.4 Å². The third kappa shape index (κ3) is 3.52. The molecule has 0 spiro atoms. The monoisotopic (exact) mass is 381 g/mol. The van der Waals surface area contributed by atoms with Crippen LogP contribution in [0.15, 0.2) is 82.0 Å². The standard InChI is InChI=1S/C24H15NO4/c1-15-12-23(26)29-22-13-17(10-11-18(15)22)28-24(27)21-9-5-4-8-20(21)19-7-3-2-6-16(19)14-25/h2-13H,1H3. The van der Waals surface area contributed by atoms with Crippen LogP contribution in [0.4, 0.5) is 0 Å². The van der Waals surface area contributed by atoms with E-state index in [1.165, 1.54) is 12.1 Å². The van der Waals surface area contributed by atoms with Gasteiger partial charge in [0.05, 0.1) is 17.2 Å². The van der Waals surface area contributed by atoms with Crippen LogP contribution in [0.2, 0.25) is 0 Å². The number of carbonyl (C=O) groups excluding carboxylic acids is 1. The number of hydrogen-bond acceptors (Lipinski definition) is 5. The molecule has 0 aliphatic carbocycles. The fourth-order valence-electron chi connectivity index (χ4n) is 3.24. The molecule has 4 rings (SSSR count). The van der Waals surface area contributed by atoms with Crippen LogP contribution in [-0.2, 0) is 0 Å². The van der Waals surface area contributed by atoms with Gasteiger partial charge in [0.1, 0.15) is 11.3 Å². The van der Waals surface area contributed by atoms with Gasteiger partial charge >= 0.3 is 11.6 Å². The number of carbonyl (C=O) groups is 1. The van der Waals surface area contributed by atoms with Crippen molar-refractivity contribution in [3.8, 4) is 22.9 Å². The minimum absolute atomic E-state index is 0.264. The Bertz CT molecular complexity index is 1350. The fraction of sp³-hybridized carbons (Fsp3) is 0.0417. The Morgan fingerprint density at radius 2 is 1.69 bits per heavy atom. The zero-order valence-corrected chi connectivity index (χ0v) is 15.5. The molecule has 0 N–H and O–H groups in total. The molecule has 0 amide bonds. The normalized spacial score (nSPS) is 10.5. The van der Waals surface area contributed by atoms with Crippen LogP contribution in [0.5, 0.6) is 5.75 Å². The first-order chi connectivity index (χ1) is 14.1. The summed E-state index contributed by atoms with van der Waals surface area (Å²) in [6.45, 7) is 1.81. The maximum Gasteiger partial charge on any atom is 0.344 e. The molecule has 5 heteroatoms. The predicted molar refractivity (Wildman–Crippen MR) is 109 cm³/mol. The van der Waals surface area contributed by atoms with Gasteiger partial charge in [-0.2, -0.15) is 5.26 Å². The SMILES string of the molecule is Cc1cc(=O)oc2cc(OC(=O)c3ccccc3-c3ccccc3C#N)ccc12. The van der Waals surface area contributed by atoms with Gasteiger partial charge in [0, 0.05) is 23.1 Å². The first kappa shape index (κ1) is 18.2. The van der Waals surface area contributed by atoms with Crippen molar-refractivity contribution in [1.29, 1.82) is 5.26 Å². The van der Waals surface area contributed by atoms with Crippen molar-refractivity contribution in [3.63, 3.8) is 0 Å². The van der Waals surface area contributed by atoms with Crippen LogP contribution in [-0.4, -0.2) is 5.97 Å². The summed E-state index contributed by atoms with van der Waals surface area (Å²) >= 11 is 0. The lowest BCUT2D eigenvalue weighted by Gasteiger charge is -2.11. The van der Waals surface area contributed by atoms with Crippen molar-refractivity contribution in [3.05, 3.63) is 99.9 Å². The van der Waals surface area contributed by atoms with E-state index in [9.17, 15) is 14.9 Å². The highest BCUT2D eigenvalue weighted by Gasteiger charge is 2.17. The Labute approximate surface area is 166 Å². The average molecular weight is 381 g/mol. The van der Waals surface area contributed by atoms with Crippen molar-refractivity contribution < 1.29 is 13.9 Å². The van der Waals surface area contributed by atoms with Gasteiger partial charge in [0.15, 0.2) is 0 Å². The lowest BCUT2D eigenvalue weighted by molar-refractivity contribution is 0.0735. The zero-order chi connectivity index (χ0) is 20.4. The van der Waals surface area contributed by atoms with E-state index < -0.39 is 11.6 Å². The molecule has 140 valence electrons. The summed E-state index contributed by atoms with van der Waals surface area (Å²) in [5.74, 6) is -0.303. The van der Waals surface area contributed by atoms with E-state index in [4.69, 9.17) is 9.15 Å². The third-order valence-corrected chi connectivity index (χ3v) is 4.62. The molecular weight excluding hydrogens is 366 g/mol. The molecule has 0 radical (unpaired) electrons. The van der Waals surface area contributed by atoms with Gasteiger partial charge in [-0.25, -0.2) is 9.59 Å². The second-order valence-electron chi connectivity index (χ2n) is 6.50. The second kappa shape index (κ2) is 7.45. The van der Waals surface area contributed by atoms with Crippen LogP contribution in [0, 0.1) is 18.3 Å². The average Bonchev–Trinajstić information content (AvgIpc) is 2.73. The quantitative estimate of drug-likeness (QED) is 0.288. The van der Waals surface area contributed by atoms with E-state index in [0.717, 1.165) is 10.9 Å². The summed E-state index contributed by atoms with van der Waals surface area (Å²) in [5, 5.41) is 10.2. The number of esters is 1. The van der Waals surface area contributed by atoms with Crippen LogP contribution in [0.25, 0.3) is 22.1 Å². The van der Waals surface area contributed by atoms with Gasteiger partial charge < -0.3 is 9.15 Å². The predicted octanol–water partition coefficient (Wildman–Crippen LogP) is 4.86. The molecule has 1 aromatic heterocycles. The third-order valence-electron chi connectivity index (χ3n) is 4.62. The van der Waals surface area contributed by atoms with E-state index in [0.29, 0.717) is 27.8 Å². The molecule has 0 atom stereocenters. The maximum absolute atomic E-state index is 12.9. The van der Waals surface area contributed by atoms with E-state index in [1.54, 1.807) is 54.6 Å². The van der Waals surface area contributed by atoms with Crippen LogP contribution < -0.4 is 10.4 Å². The summed E-state index contributed by atoms with van der Waals surface area (Å²) in [6, 6.07) is 22.5. The molecular formula is C24H15NO4. The molecule has 29 heavy (non-hydrogen) atoms. The molecule has 1 heterocycles. The van der Waals surface area contributed by atoms with Crippen molar-refractivity contribution in [2.45, 2.75) is 6.92 Å². The topological polar surface area (TPSA) is 80.3 Å². The van der Waals surface area contributed by atoms with Crippen molar-refractivity contribution in [1.82, 2.24) is 0 Å². The van der Waals surface area contributed by atoms with Crippen LogP contribution >= 0.6 is 0 Å². The molecule has 0 fully saturated rings. The summed E-state index contributed by atoms with van der Waals surface area (Å²) in [6.07, 6.45) is 0. The Morgan fingerprint density at radius 1 is 0.966 bits per heavy atom. The van der Waals surface area contributed by atoms with Crippen LogP contribution in [0.3, 0.4) is 0 Å². The maximum atomic E-state index is 12.9. The molecule has 0 saturated heterocycles. The summed E-state index contributed by atoms with van der Waals surface area (Å²) in [7, 11) is 0. The van der Waals surface area contributed by atoms with Crippen molar-refractivity contribution >= 4 is 16.9 Å². The zero-order valence-electron chi connectivity index (χ0n) is 15.5. The number of nitriles is 1. The number of hydrogen-bond donors (Lipinski definition) is 0. The van der Waals surface area contributed by atoms with Crippen LogP contribution in [0.1, 0.15) is 21.5 Å². The van der Waals surface area contributed by atoms with E-state index >= 15 is 0 Å². The van der Waals surface area contributed by atoms with Crippen molar-refractivity contribution in [2.24, 2.45) is 0 Å². The number of aryl methyl sites for hydroxylation is 1. The van der Waals surface area contributed by atoms with Crippen molar-refractivity contribution in [2.75, 3.05) is 0 Å². The first-order valence-corrected chi connectivity index (χ1v) is 8.92. The smallest absolute Gasteiger partial charge is 0.344 e. The largest absolute Gasteiger partial charge is 0.423 e. The highest BCUT2D eigenvalue weighted by Crippen LogP contribution is 2.28. The summed E-state index contributed by atoms with van der Waals surface area (Å²) in [5.41, 5.74) is 2.74.